The summed E-state index contributed by atoms with van der Waals surface area (Å²) in [6, 6.07) is 8.46. The van der Waals surface area contributed by atoms with Crippen LogP contribution in [0.3, 0.4) is 0 Å². The summed E-state index contributed by atoms with van der Waals surface area (Å²) in [5.74, 6) is -1.44. The van der Waals surface area contributed by atoms with Crippen molar-refractivity contribution in [3.8, 4) is 0 Å². The van der Waals surface area contributed by atoms with Crippen molar-refractivity contribution in [3.05, 3.63) is 57.1 Å². The first-order valence-corrected chi connectivity index (χ1v) is 10.5. The van der Waals surface area contributed by atoms with E-state index in [1.165, 1.54) is 29.5 Å². The molecule has 7 nitrogen and oxygen atoms in total. The Hall–Kier alpha value is -2.68. The molecule has 0 spiro atoms. The van der Waals surface area contributed by atoms with Gasteiger partial charge in [0.25, 0.3) is 5.91 Å². The van der Waals surface area contributed by atoms with Gasteiger partial charge in [-0.3, -0.25) is 14.4 Å². The van der Waals surface area contributed by atoms with E-state index < -0.39 is 17.7 Å². The van der Waals surface area contributed by atoms with Crippen molar-refractivity contribution in [2.75, 3.05) is 18.4 Å². The number of rotatable bonds is 6. The smallest absolute Gasteiger partial charge is 0.253 e. The molecule has 0 saturated heterocycles. The maximum Gasteiger partial charge on any atom is 0.253 e. The highest BCUT2D eigenvalue weighted by atomic mass is 35.5. The second-order valence-corrected chi connectivity index (χ2v) is 8.45. The number of aromatic nitrogens is 1. The van der Waals surface area contributed by atoms with Crippen molar-refractivity contribution in [1.82, 2.24) is 15.6 Å². The quantitative estimate of drug-likeness (QED) is 0.517. The number of carbonyl (C=O) groups excluding carboxylic acids is 3. The normalized spacial score (nSPS) is 10.7. The molecular formula is C20H18Cl2N4O3S. The lowest BCUT2D eigenvalue weighted by Crippen LogP contribution is -2.40. The molecule has 156 valence electrons. The second kappa shape index (κ2) is 9.42. The first kappa shape index (κ1) is 22.0. The van der Waals surface area contributed by atoms with Crippen molar-refractivity contribution in [3.63, 3.8) is 0 Å². The minimum atomic E-state index is -0.517. The molecule has 1 aromatic heterocycles. The van der Waals surface area contributed by atoms with Gasteiger partial charge < -0.3 is 16.0 Å². The third-order valence-electron chi connectivity index (χ3n) is 4.11. The highest BCUT2D eigenvalue weighted by Crippen LogP contribution is 2.29. The zero-order chi connectivity index (χ0) is 21.8. The van der Waals surface area contributed by atoms with Crippen LogP contribution in [0.1, 0.15) is 21.5 Å². The third-order valence-corrected chi connectivity index (χ3v) is 5.57. The summed E-state index contributed by atoms with van der Waals surface area (Å²) in [6.45, 7) is 3.42. The van der Waals surface area contributed by atoms with Gasteiger partial charge in [0.05, 0.1) is 33.9 Å². The van der Waals surface area contributed by atoms with Crippen LogP contribution in [0.2, 0.25) is 10.0 Å². The van der Waals surface area contributed by atoms with Gasteiger partial charge >= 0.3 is 0 Å². The third kappa shape index (κ3) is 5.47. The van der Waals surface area contributed by atoms with Crippen molar-refractivity contribution in [2.24, 2.45) is 0 Å². The van der Waals surface area contributed by atoms with E-state index in [1.54, 1.807) is 0 Å². The van der Waals surface area contributed by atoms with Crippen molar-refractivity contribution >= 4 is 67.6 Å². The number of halogens is 2. The van der Waals surface area contributed by atoms with Gasteiger partial charge in [-0.25, -0.2) is 4.98 Å². The van der Waals surface area contributed by atoms with E-state index in [0.29, 0.717) is 10.2 Å². The van der Waals surface area contributed by atoms with Crippen LogP contribution in [-0.2, 0) is 9.59 Å². The van der Waals surface area contributed by atoms with Crippen LogP contribution in [0.15, 0.2) is 30.3 Å². The highest BCUT2D eigenvalue weighted by molar-refractivity contribution is 7.22. The summed E-state index contributed by atoms with van der Waals surface area (Å²) in [6.07, 6.45) is 0. The van der Waals surface area contributed by atoms with Gasteiger partial charge in [-0.2, -0.15) is 0 Å². The first-order chi connectivity index (χ1) is 14.2. The number of hydrogen-bond donors (Lipinski definition) is 3. The molecule has 10 heteroatoms. The molecule has 3 amide bonds. The number of anilines is 1. The van der Waals surface area contributed by atoms with Crippen LogP contribution < -0.4 is 16.0 Å². The van der Waals surface area contributed by atoms with Crippen LogP contribution in [0.5, 0.6) is 0 Å². The highest BCUT2D eigenvalue weighted by Gasteiger charge is 2.14. The number of nitrogens with one attached hydrogen (secondary N) is 3. The summed E-state index contributed by atoms with van der Waals surface area (Å²) in [7, 11) is 0. The van der Waals surface area contributed by atoms with Gasteiger partial charge in [0.15, 0.2) is 5.13 Å². The minimum absolute atomic E-state index is 0.182. The SMILES string of the molecule is Cc1cc(C)c2nc(NC(=O)CNC(=O)CNC(=O)c3ccc(Cl)cc3Cl)sc2c1. The van der Waals surface area contributed by atoms with E-state index in [1.807, 2.05) is 26.0 Å². The molecule has 0 unspecified atom stereocenters. The van der Waals surface area contributed by atoms with E-state index in [0.717, 1.165) is 21.3 Å². The number of thiazole rings is 1. The van der Waals surface area contributed by atoms with Gasteiger partial charge in [0.1, 0.15) is 0 Å². The monoisotopic (exact) mass is 464 g/mol. The van der Waals surface area contributed by atoms with Crippen LogP contribution in [0.25, 0.3) is 10.2 Å². The molecule has 0 bridgehead atoms. The number of benzene rings is 2. The standard InChI is InChI=1S/C20H18Cl2N4O3S/c1-10-5-11(2)18-15(6-10)30-20(26-18)25-17(28)9-23-16(27)8-24-19(29)13-4-3-12(21)7-14(13)22/h3-7H,8-9H2,1-2H3,(H,23,27)(H,24,29)(H,25,26,28). The number of carbonyl (C=O) groups is 3. The number of amides is 3. The fraction of sp³-hybridized carbons (Fsp3) is 0.200. The Kier molecular flexibility index (Phi) is 6.91. The lowest BCUT2D eigenvalue weighted by molar-refractivity contribution is -0.123. The molecule has 0 aliphatic heterocycles. The predicted octanol–water partition coefficient (Wildman–Crippen LogP) is 3.70. The Morgan fingerprint density at radius 2 is 1.73 bits per heavy atom. The Bertz CT molecular complexity index is 1150. The molecular weight excluding hydrogens is 447 g/mol. The van der Waals surface area contributed by atoms with Gasteiger partial charge in [0.2, 0.25) is 11.8 Å². The van der Waals surface area contributed by atoms with Gasteiger partial charge in [-0.1, -0.05) is 40.6 Å². The van der Waals surface area contributed by atoms with Gasteiger partial charge in [-0.15, -0.1) is 0 Å². The van der Waals surface area contributed by atoms with E-state index in [9.17, 15) is 14.4 Å². The van der Waals surface area contributed by atoms with Crippen LogP contribution >= 0.6 is 34.5 Å². The molecule has 0 fully saturated rings. The zero-order valence-corrected chi connectivity index (χ0v) is 18.5. The van der Waals surface area contributed by atoms with Crippen LogP contribution in [0.4, 0.5) is 5.13 Å². The summed E-state index contributed by atoms with van der Waals surface area (Å²) in [5.41, 5.74) is 3.20. The van der Waals surface area contributed by atoms with Crippen molar-refractivity contribution in [1.29, 1.82) is 0 Å². The van der Waals surface area contributed by atoms with E-state index in [2.05, 4.69) is 20.9 Å². The summed E-state index contributed by atoms with van der Waals surface area (Å²) >= 11 is 13.1. The van der Waals surface area contributed by atoms with E-state index in [4.69, 9.17) is 23.2 Å². The molecule has 0 radical (unpaired) electrons. The van der Waals surface area contributed by atoms with E-state index >= 15 is 0 Å². The fourth-order valence-electron chi connectivity index (χ4n) is 2.76. The van der Waals surface area contributed by atoms with Gasteiger partial charge in [0, 0.05) is 5.02 Å². The number of aryl methyl sites for hydroxylation is 2. The molecule has 0 atom stereocenters. The lowest BCUT2D eigenvalue weighted by Gasteiger charge is -2.08. The summed E-state index contributed by atoms with van der Waals surface area (Å²) < 4.78 is 0.982. The first-order valence-electron chi connectivity index (χ1n) is 8.90. The summed E-state index contributed by atoms with van der Waals surface area (Å²) in [4.78, 5) is 40.5. The Morgan fingerprint density at radius 3 is 2.47 bits per heavy atom. The molecule has 3 aromatic rings. The van der Waals surface area contributed by atoms with E-state index in [-0.39, 0.29) is 23.7 Å². The molecule has 0 aliphatic rings. The van der Waals surface area contributed by atoms with Crippen LogP contribution in [0, 0.1) is 13.8 Å². The second-order valence-electron chi connectivity index (χ2n) is 6.58. The Labute approximate surface area is 186 Å². The molecule has 2 aromatic carbocycles. The molecule has 3 rings (SSSR count). The average Bonchev–Trinajstić information content (AvgIpc) is 3.07. The molecule has 0 aliphatic carbocycles. The maximum absolute atomic E-state index is 12.1. The van der Waals surface area contributed by atoms with Crippen LogP contribution in [-0.4, -0.2) is 35.8 Å². The zero-order valence-electron chi connectivity index (χ0n) is 16.1. The molecule has 0 saturated carbocycles. The Balaban J connectivity index is 1.48. The maximum atomic E-state index is 12.1. The topological polar surface area (TPSA) is 100 Å². The minimum Gasteiger partial charge on any atom is -0.345 e. The molecule has 1 heterocycles. The Morgan fingerprint density at radius 1 is 1.00 bits per heavy atom. The number of fused-ring (bicyclic) bond motifs is 1. The lowest BCUT2D eigenvalue weighted by atomic mass is 10.1. The molecule has 3 N–H and O–H groups in total. The van der Waals surface area contributed by atoms with Crippen molar-refractivity contribution in [2.45, 2.75) is 13.8 Å². The predicted molar refractivity (Wildman–Crippen MR) is 120 cm³/mol. The van der Waals surface area contributed by atoms with Crippen molar-refractivity contribution < 1.29 is 14.4 Å². The molecule has 30 heavy (non-hydrogen) atoms. The number of nitrogens with zero attached hydrogens (tertiary/aromatic N) is 1. The van der Waals surface area contributed by atoms with Gasteiger partial charge in [-0.05, 0) is 49.2 Å². The largest absolute Gasteiger partial charge is 0.345 e. The fourth-order valence-corrected chi connectivity index (χ4v) is 4.31. The average molecular weight is 465 g/mol. The summed E-state index contributed by atoms with van der Waals surface area (Å²) in [5, 5.41) is 8.60. The number of hydrogen-bond acceptors (Lipinski definition) is 5.